The third-order valence-corrected chi connectivity index (χ3v) is 5.29. The highest BCUT2D eigenvalue weighted by atomic mass is 28.2. The van der Waals surface area contributed by atoms with Crippen molar-refractivity contribution in [1.82, 2.24) is 0 Å². The molecule has 1 aromatic carbocycles. The first kappa shape index (κ1) is 12.1. The zero-order valence-corrected chi connectivity index (χ0v) is 12.0. The average molecular weight is 238 g/mol. The van der Waals surface area contributed by atoms with Crippen molar-refractivity contribution in [2.45, 2.75) is 27.7 Å². The van der Waals surface area contributed by atoms with Gasteiger partial charge in [0.05, 0.1) is 0 Å². The molecule has 0 spiro atoms. The Kier molecular flexibility index (Phi) is 3.48. The highest BCUT2D eigenvalue weighted by Crippen LogP contribution is 2.13. The summed E-state index contributed by atoms with van der Waals surface area (Å²) >= 11 is 0. The van der Waals surface area contributed by atoms with Crippen molar-refractivity contribution in [3.63, 3.8) is 0 Å². The molecule has 0 nitrogen and oxygen atoms in total. The minimum absolute atomic E-state index is 0.772. The Bertz CT molecular complexity index is 490. The Morgan fingerprint density at radius 1 is 0.882 bits per heavy atom. The lowest BCUT2D eigenvalue weighted by Crippen LogP contribution is -2.23. The molecular weight excluding hydrogens is 220 g/mol. The molecule has 0 heterocycles. The van der Waals surface area contributed by atoms with Crippen LogP contribution < -0.4 is 5.19 Å². The molecule has 0 atom stereocenters. The van der Waals surface area contributed by atoms with Crippen LogP contribution in [0.5, 0.6) is 0 Å². The van der Waals surface area contributed by atoms with Gasteiger partial charge in [0.25, 0.3) is 0 Å². The third kappa shape index (κ3) is 2.50. The van der Waals surface area contributed by atoms with Gasteiger partial charge in [0, 0.05) is 43.6 Å². The smallest absolute Gasteiger partial charge is 0.0476 e. The zero-order chi connectivity index (χ0) is 12.4. The van der Waals surface area contributed by atoms with E-state index in [2.05, 4.69) is 64.5 Å². The Morgan fingerprint density at radius 3 is 1.94 bits per heavy atom. The van der Waals surface area contributed by atoms with E-state index in [1.54, 1.807) is 0 Å². The second-order valence-electron chi connectivity index (χ2n) is 4.66. The minimum atomic E-state index is 0.772. The lowest BCUT2D eigenvalue weighted by molar-refractivity contribution is 1.43. The van der Waals surface area contributed by atoms with Gasteiger partial charge in [-0.1, -0.05) is 29.3 Å². The molecule has 0 saturated heterocycles. The summed E-state index contributed by atoms with van der Waals surface area (Å²) in [7, 11) is 0.772. The van der Waals surface area contributed by atoms with E-state index in [0.717, 1.165) is 9.13 Å². The van der Waals surface area contributed by atoms with Crippen molar-refractivity contribution in [2.24, 2.45) is 0 Å². The van der Waals surface area contributed by atoms with Gasteiger partial charge in [0.1, 0.15) is 0 Å². The second-order valence-corrected chi connectivity index (χ2v) is 5.91. The van der Waals surface area contributed by atoms with Crippen molar-refractivity contribution >= 4 is 19.5 Å². The first-order valence-electron chi connectivity index (χ1n) is 5.99. The van der Waals surface area contributed by atoms with Crippen LogP contribution in [0.15, 0.2) is 41.5 Å². The van der Waals surface area contributed by atoms with Crippen LogP contribution in [0.2, 0.25) is 0 Å². The predicted octanol–water partition coefficient (Wildman–Crippen LogP) is 2.92. The molecule has 86 valence electrons. The summed E-state index contributed by atoms with van der Waals surface area (Å²) in [5, 5.41) is 3.01. The van der Waals surface area contributed by atoms with Gasteiger partial charge >= 0.3 is 0 Å². The zero-order valence-electron chi connectivity index (χ0n) is 11.0. The average Bonchev–Trinajstić information content (AvgIpc) is 2.27. The van der Waals surface area contributed by atoms with Crippen molar-refractivity contribution in [3.8, 4) is 0 Å². The molecule has 0 N–H and O–H groups in total. The molecule has 1 aliphatic carbocycles. The van der Waals surface area contributed by atoms with Crippen molar-refractivity contribution in [3.05, 3.63) is 59.0 Å². The van der Waals surface area contributed by atoms with Crippen LogP contribution in [0.1, 0.15) is 25.0 Å². The Hall–Kier alpha value is -1.34. The van der Waals surface area contributed by atoms with Crippen LogP contribution in [-0.2, 0) is 0 Å². The Balaban J connectivity index is 2.52. The molecule has 0 aromatic heterocycles. The maximum absolute atomic E-state index is 2.21. The molecule has 1 heteroatoms. The Morgan fingerprint density at radius 2 is 1.41 bits per heavy atom. The molecule has 0 bridgehead atoms. The number of allylic oxidation sites excluding steroid dienone is 4. The fraction of sp³-hybridized carbons (Fsp3) is 0.250. The summed E-state index contributed by atoms with van der Waals surface area (Å²) in [6.07, 6.45) is 6.56. The molecule has 0 fully saturated rings. The largest absolute Gasteiger partial charge is 0.359 e. The summed E-state index contributed by atoms with van der Waals surface area (Å²) in [5.74, 6) is 0. The van der Waals surface area contributed by atoms with Crippen LogP contribution in [0.25, 0.3) is 0 Å². The van der Waals surface area contributed by atoms with E-state index in [9.17, 15) is 0 Å². The van der Waals surface area contributed by atoms with E-state index in [-0.39, 0.29) is 0 Å². The molecule has 17 heavy (non-hydrogen) atoms. The van der Waals surface area contributed by atoms with E-state index >= 15 is 0 Å². The quantitative estimate of drug-likeness (QED) is 0.521. The van der Waals surface area contributed by atoms with Crippen LogP contribution in [-0.4, -0.2) is 14.3 Å². The normalized spacial score (nSPS) is 14.9. The molecule has 0 aliphatic heterocycles. The van der Waals surface area contributed by atoms with E-state index in [1.807, 2.05) is 0 Å². The summed E-state index contributed by atoms with van der Waals surface area (Å²) in [6, 6.07) is 6.56. The van der Waals surface area contributed by atoms with Gasteiger partial charge in [-0.2, -0.15) is 0 Å². The van der Waals surface area contributed by atoms with Gasteiger partial charge in [-0.15, -0.1) is 5.17 Å². The van der Waals surface area contributed by atoms with Crippen LogP contribution in [0.4, 0.5) is 0 Å². The van der Waals surface area contributed by atoms with Crippen LogP contribution in [0, 0.1) is 20.3 Å². The fourth-order valence-corrected chi connectivity index (χ4v) is 3.52. The number of benzene rings is 1. The number of hydrogen-bond donors (Lipinski definition) is 0. The molecule has 1 aromatic rings. The summed E-state index contributed by atoms with van der Waals surface area (Å²) in [5.41, 5.74) is 5.63. The van der Waals surface area contributed by atoms with Gasteiger partial charge in [0.2, 0.25) is 0 Å². The van der Waals surface area contributed by atoms with Gasteiger partial charge in [-0.05, 0) is 13.8 Å². The first-order chi connectivity index (χ1) is 8.09. The van der Waals surface area contributed by atoms with Gasteiger partial charge in [0.15, 0.2) is 0 Å². The molecule has 0 amide bonds. The van der Waals surface area contributed by atoms with Gasteiger partial charge < -0.3 is 9.13 Å². The lowest BCUT2D eigenvalue weighted by atomic mass is 10.0. The monoisotopic (exact) mass is 238 g/mol. The Labute approximate surface area is 107 Å². The number of rotatable bonds is 1. The topological polar surface area (TPSA) is 0 Å². The van der Waals surface area contributed by atoms with Gasteiger partial charge in [-0.25, -0.2) is 5.19 Å². The molecule has 2 rings (SSSR count). The fourth-order valence-electron chi connectivity index (χ4n) is 2.15. The summed E-state index contributed by atoms with van der Waals surface area (Å²) in [6.45, 7) is 8.84. The van der Waals surface area contributed by atoms with E-state index in [4.69, 9.17) is 0 Å². The SMILES string of the molecule is CC1=C[CH+]C=C(C)C1=[Si-]c1c(C)cccc1C. The number of hydrogen-bond acceptors (Lipinski definition) is 0. The molecule has 0 radical (unpaired) electrons. The molecule has 0 unspecified atom stereocenters. The van der Waals surface area contributed by atoms with Crippen LogP contribution >= 0.6 is 0 Å². The van der Waals surface area contributed by atoms with E-state index in [0.29, 0.717) is 0 Å². The van der Waals surface area contributed by atoms with Gasteiger partial charge in [-0.3, -0.25) is 0 Å². The highest BCUT2D eigenvalue weighted by Gasteiger charge is 2.07. The third-order valence-electron chi connectivity index (χ3n) is 3.21. The van der Waals surface area contributed by atoms with Crippen LogP contribution in [0.3, 0.4) is 0 Å². The summed E-state index contributed by atoms with van der Waals surface area (Å²) < 4.78 is 0. The van der Waals surface area contributed by atoms with Crippen molar-refractivity contribution in [1.29, 1.82) is 0 Å². The maximum atomic E-state index is 2.21. The minimum Gasteiger partial charge on any atom is -0.359 e. The maximum Gasteiger partial charge on any atom is 0.0476 e. The highest BCUT2D eigenvalue weighted by molar-refractivity contribution is 6.72. The number of aryl methyl sites for hydroxylation is 2. The lowest BCUT2D eigenvalue weighted by Gasteiger charge is -2.21. The van der Waals surface area contributed by atoms with E-state index in [1.165, 1.54) is 32.6 Å². The predicted molar refractivity (Wildman–Crippen MR) is 78.1 cm³/mol. The van der Waals surface area contributed by atoms with Crippen molar-refractivity contribution in [2.75, 3.05) is 0 Å². The molecular formula is C16H18Si. The summed E-state index contributed by atoms with van der Waals surface area (Å²) in [4.78, 5) is 0. The van der Waals surface area contributed by atoms with E-state index < -0.39 is 0 Å². The van der Waals surface area contributed by atoms with Crippen molar-refractivity contribution < 1.29 is 0 Å². The molecule has 1 aliphatic rings. The first-order valence-corrected chi connectivity index (χ1v) is 6.99. The standard InChI is InChI=1S/C16H18Si/c1-11-7-5-8-12(2)15(11)17-16-13(3)9-6-10-14(16)4/h5-10H,1-4H3. The molecule has 0 saturated carbocycles. The second kappa shape index (κ2) is 4.88.